The number of aromatic amines is 2. The van der Waals surface area contributed by atoms with Crippen LogP contribution in [0.2, 0.25) is 0 Å². The van der Waals surface area contributed by atoms with Gasteiger partial charge in [-0.05, 0) is 18.1 Å². The van der Waals surface area contributed by atoms with E-state index in [4.69, 9.17) is 0 Å². The summed E-state index contributed by atoms with van der Waals surface area (Å²) in [5, 5.41) is 3.75. The molecule has 0 bridgehead atoms. The van der Waals surface area contributed by atoms with Crippen LogP contribution in [-0.2, 0) is 0 Å². The van der Waals surface area contributed by atoms with Gasteiger partial charge >= 0.3 is 0 Å². The quantitative estimate of drug-likeness (QED) is 0.686. The van der Waals surface area contributed by atoms with Gasteiger partial charge in [-0.25, -0.2) is 0 Å². The Morgan fingerprint density at radius 1 is 0.760 bits per heavy atom. The van der Waals surface area contributed by atoms with Gasteiger partial charge in [0.15, 0.2) is 0 Å². The summed E-state index contributed by atoms with van der Waals surface area (Å²) in [4.78, 5) is 6.80. The Morgan fingerprint density at radius 3 is 1.64 bits per heavy atom. The van der Waals surface area contributed by atoms with Gasteiger partial charge in [-0.1, -0.05) is 87.6 Å². The topological polar surface area (TPSA) is 31.6 Å². The van der Waals surface area contributed by atoms with Crippen LogP contribution in [0.5, 0.6) is 0 Å². The Balaban J connectivity index is 2.86. The number of rotatable bonds is 7. The Morgan fingerprint density at radius 2 is 1.24 bits per heavy atom. The Hall–Kier alpha value is -3.26. The van der Waals surface area contributed by atoms with Crippen LogP contribution < -0.4 is 10.7 Å². The fourth-order valence-electron chi connectivity index (χ4n) is 2.89. The van der Waals surface area contributed by atoms with E-state index in [1.165, 1.54) is 0 Å². The van der Waals surface area contributed by atoms with E-state index < -0.39 is 0 Å². The lowest BCUT2D eigenvalue weighted by atomic mass is 10.1. The minimum atomic E-state index is 0.840. The number of allylic oxidation sites excluding steroid dienone is 11. The highest BCUT2D eigenvalue weighted by molar-refractivity contribution is 6.02. The average Bonchev–Trinajstić information content (AvgIpc) is 3.10. The van der Waals surface area contributed by atoms with E-state index in [1.807, 2.05) is 43.4 Å². The van der Waals surface area contributed by atoms with Gasteiger partial charge in [0.2, 0.25) is 0 Å². The van der Waals surface area contributed by atoms with E-state index in [-0.39, 0.29) is 0 Å². The molecule has 0 aromatic carbocycles. The molecule has 0 fully saturated rings. The Kier molecular flexibility index (Phi) is 5.80. The van der Waals surface area contributed by atoms with Gasteiger partial charge < -0.3 is 9.97 Å². The van der Waals surface area contributed by atoms with Gasteiger partial charge in [0.1, 0.15) is 0 Å². The third-order valence-corrected chi connectivity index (χ3v) is 3.84. The molecule has 2 aromatic rings. The SMILES string of the molecule is C=C/C=C\C(=C/C=C)c1[nH]c(=C)c2c(C(/C=C\C)=C/C=C)[nH]c(=C)c12. The van der Waals surface area contributed by atoms with Gasteiger partial charge in [-0.3, -0.25) is 0 Å². The van der Waals surface area contributed by atoms with Crippen LogP contribution in [0.4, 0.5) is 0 Å². The van der Waals surface area contributed by atoms with Crippen LogP contribution in [0.25, 0.3) is 35.1 Å². The molecule has 0 saturated heterocycles. The van der Waals surface area contributed by atoms with Crippen molar-refractivity contribution in [2.24, 2.45) is 0 Å². The van der Waals surface area contributed by atoms with Crippen LogP contribution in [0, 0.1) is 0 Å². The third kappa shape index (κ3) is 3.48. The lowest BCUT2D eigenvalue weighted by Crippen LogP contribution is -2.04. The monoisotopic (exact) mass is 328 g/mol. The van der Waals surface area contributed by atoms with Crippen molar-refractivity contribution in [2.75, 3.05) is 0 Å². The van der Waals surface area contributed by atoms with Crippen molar-refractivity contribution < 1.29 is 0 Å². The molecule has 25 heavy (non-hydrogen) atoms. The summed E-state index contributed by atoms with van der Waals surface area (Å²) < 4.78 is 0. The first-order valence-electron chi connectivity index (χ1n) is 8.08. The normalized spacial score (nSPS) is 13.2. The predicted molar refractivity (Wildman–Crippen MR) is 113 cm³/mol. The summed E-state index contributed by atoms with van der Waals surface area (Å²) in [6.45, 7) is 21.7. The highest BCUT2D eigenvalue weighted by Crippen LogP contribution is 2.26. The van der Waals surface area contributed by atoms with Gasteiger partial charge in [0, 0.05) is 21.5 Å². The summed E-state index contributed by atoms with van der Waals surface area (Å²) >= 11 is 0. The summed E-state index contributed by atoms with van der Waals surface area (Å²) in [5.74, 6) is 0. The molecule has 0 aliphatic heterocycles. The van der Waals surface area contributed by atoms with Crippen molar-refractivity contribution in [2.45, 2.75) is 6.92 Å². The molecule has 0 saturated carbocycles. The van der Waals surface area contributed by atoms with E-state index in [1.54, 1.807) is 18.2 Å². The van der Waals surface area contributed by atoms with E-state index in [0.717, 1.165) is 44.0 Å². The zero-order valence-electron chi connectivity index (χ0n) is 14.7. The highest BCUT2D eigenvalue weighted by atomic mass is 14.8. The molecule has 2 heteroatoms. The second-order valence-corrected chi connectivity index (χ2v) is 5.52. The molecule has 0 amide bonds. The van der Waals surface area contributed by atoms with Crippen molar-refractivity contribution in [3.8, 4) is 0 Å². The maximum absolute atomic E-state index is 4.19. The number of fused-ring (bicyclic) bond motifs is 1. The second kappa shape index (κ2) is 8.02. The molecule has 0 radical (unpaired) electrons. The molecular weight excluding hydrogens is 304 g/mol. The summed E-state index contributed by atoms with van der Waals surface area (Å²) in [5.41, 5.74) is 3.97. The van der Waals surface area contributed by atoms with Crippen molar-refractivity contribution in [3.05, 3.63) is 96.5 Å². The Labute approximate surface area is 149 Å². The lowest BCUT2D eigenvalue weighted by Gasteiger charge is -1.99. The Bertz CT molecular complexity index is 1030. The minimum Gasteiger partial charge on any atom is -0.354 e. The van der Waals surface area contributed by atoms with Gasteiger partial charge in [0.05, 0.1) is 11.4 Å². The number of H-pyrrole nitrogens is 2. The van der Waals surface area contributed by atoms with Crippen LogP contribution in [0.3, 0.4) is 0 Å². The molecule has 0 unspecified atom stereocenters. The number of nitrogens with one attached hydrogen (secondary N) is 2. The molecule has 2 N–H and O–H groups in total. The molecule has 2 heterocycles. The molecule has 0 aliphatic carbocycles. The van der Waals surface area contributed by atoms with Crippen molar-refractivity contribution >= 4 is 35.1 Å². The van der Waals surface area contributed by atoms with Crippen LogP contribution in [-0.4, -0.2) is 9.97 Å². The smallest absolute Gasteiger partial charge is 0.0559 e. The van der Waals surface area contributed by atoms with E-state index in [9.17, 15) is 0 Å². The summed E-state index contributed by atoms with van der Waals surface area (Å²) in [6.07, 6.45) is 17.1. The highest BCUT2D eigenvalue weighted by Gasteiger charge is 2.16. The van der Waals surface area contributed by atoms with E-state index in [2.05, 4.69) is 42.9 Å². The van der Waals surface area contributed by atoms with Crippen LogP contribution in [0.15, 0.2) is 74.4 Å². The molecule has 0 spiro atoms. The molecule has 2 rings (SSSR count). The molecule has 126 valence electrons. The van der Waals surface area contributed by atoms with Crippen LogP contribution in [0.1, 0.15) is 18.3 Å². The minimum absolute atomic E-state index is 0.840. The zero-order chi connectivity index (χ0) is 18.4. The molecule has 0 aliphatic rings. The maximum Gasteiger partial charge on any atom is 0.0559 e. The van der Waals surface area contributed by atoms with Gasteiger partial charge in [-0.15, -0.1) is 0 Å². The predicted octanol–water partition coefficient (Wildman–Crippen LogP) is 4.77. The first kappa shape index (κ1) is 18.1. The fraction of sp³-hybridized carbons (Fsp3) is 0.0435. The van der Waals surface area contributed by atoms with Crippen molar-refractivity contribution in [1.82, 2.24) is 9.97 Å². The largest absolute Gasteiger partial charge is 0.354 e. The number of hydrogen-bond acceptors (Lipinski definition) is 0. The summed E-state index contributed by atoms with van der Waals surface area (Å²) in [7, 11) is 0. The zero-order valence-corrected chi connectivity index (χ0v) is 14.7. The average molecular weight is 328 g/mol. The number of hydrogen-bond donors (Lipinski definition) is 2. The van der Waals surface area contributed by atoms with Gasteiger partial charge in [-0.2, -0.15) is 0 Å². The molecule has 2 nitrogen and oxygen atoms in total. The molecular formula is C23H24N2. The lowest BCUT2D eigenvalue weighted by molar-refractivity contribution is 1.26. The number of aromatic nitrogens is 2. The first-order chi connectivity index (χ1) is 12.1. The first-order valence-corrected chi connectivity index (χ1v) is 8.08. The summed E-state index contributed by atoms with van der Waals surface area (Å²) in [6, 6.07) is 0. The molecule has 2 aromatic heterocycles. The van der Waals surface area contributed by atoms with Crippen molar-refractivity contribution in [1.29, 1.82) is 0 Å². The van der Waals surface area contributed by atoms with Crippen molar-refractivity contribution in [3.63, 3.8) is 0 Å². The van der Waals surface area contributed by atoms with Crippen LogP contribution >= 0.6 is 0 Å². The van der Waals surface area contributed by atoms with E-state index >= 15 is 0 Å². The standard InChI is InChI=1S/C23H24N2/c1-7-11-15-19(14-10-4)23-21-17(6)24-22(20(21)16(5)25-23)18(12-8-2)13-9-3/h7-15,24-25H,1-2,4-6H2,3H3/b13-9-,15-11-,18-12+,19-14+. The van der Waals surface area contributed by atoms with Gasteiger partial charge in [0.25, 0.3) is 0 Å². The third-order valence-electron chi connectivity index (χ3n) is 3.84. The maximum atomic E-state index is 4.19. The second-order valence-electron chi connectivity index (χ2n) is 5.52. The van der Waals surface area contributed by atoms with E-state index in [0.29, 0.717) is 0 Å². The molecule has 0 atom stereocenters. The fourth-order valence-corrected chi connectivity index (χ4v) is 2.89.